The molecule has 0 saturated heterocycles. The van der Waals surface area contributed by atoms with Crippen molar-refractivity contribution < 1.29 is 14.0 Å². The summed E-state index contributed by atoms with van der Waals surface area (Å²) < 4.78 is 12.8. The van der Waals surface area contributed by atoms with Gasteiger partial charge < -0.3 is 0 Å². The van der Waals surface area contributed by atoms with Crippen LogP contribution in [-0.2, 0) is 16.3 Å². The summed E-state index contributed by atoms with van der Waals surface area (Å²) >= 11 is 0. The number of hydrogen-bond acceptors (Lipinski definition) is 2. The lowest BCUT2D eigenvalue weighted by Gasteiger charge is -2.20. The second kappa shape index (κ2) is 5.12. The summed E-state index contributed by atoms with van der Waals surface area (Å²) in [7, 11) is 0. The predicted octanol–water partition coefficient (Wildman–Crippen LogP) is 3.51. The third-order valence-electron chi connectivity index (χ3n) is 4.56. The molecule has 2 unspecified atom stereocenters. The Morgan fingerprint density at radius 1 is 1.15 bits per heavy atom. The first-order valence-electron chi connectivity index (χ1n) is 7.26. The number of benzene rings is 1. The molecule has 0 aromatic heterocycles. The van der Waals surface area contributed by atoms with E-state index in [0.29, 0.717) is 24.7 Å². The van der Waals surface area contributed by atoms with E-state index >= 15 is 0 Å². The Labute approximate surface area is 118 Å². The van der Waals surface area contributed by atoms with E-state index in [1.807, 2.05) is 19.1 Å². The molecule has 0 heterocycles. The van der Waals surface area contributed by atoms with Crippen molar-refractivity contribution in [2.75, 3.05) is 0 Å². The summed E-state index contributed by atoms with van der Waals surface area (Å²) in [5, 5.41) is 0. The van der Waals surface area contributed by atoms with E-state index < -0.39 is 6.67 Å². The third-order valence-corrected chi connectivity index (χ3v) is 4.56. The average Bonchev–Trinajstić information content (AvgIpc) is 3.17. The van der Waals surface area contributed by atoms with Crippen molar-refractivity contribution in [2.24, 2.45) is 11.8 Å². The first kappa shape index (κ1) is 13.5. The van der Waals surface area contributed by atoms with Crippen LogP contribution < -0.4 is 0 Å². The standard InChI is InChI=1S/C17H19FO2/c1-10-2-11(9-18)4-12(3-10)16-8-17(16)13-5-14(19)7-15(20)6-13/h2-4,13,16-17H,5-9H2,1H3. The minimum absolute atomic E-state index is 0.0885. The SMILES string of the molecule is Cc1cc(CF)cc(C2CC2C2CC(=O)CC(=O)C2)c1. The van der Waals surface area contributed by atoms with Crippen molar-refractivity contribution in [3.63, 3.8) is 0 Å². The number of halogens is 1. The maximum Gasteiger partial charge on any atom is 0.140 e. The summed E-state index contributed by atoms with van der Waals surface area (Å²) in [6, 6.07) is 5.91. The van der Waals surface area contributed by atoms with Gasteiger partial charge in [0.15, 0.2) is 0 Å². The predicted molar refractivity (Wildman–Crippen MR) is 74.2 cm³/mol. The molecule has 1 aromatic rings. The zero-order valence-electron chi connectivity index (χ0n) is 11.7. The van der Waals surface area contributed by atoms with E-state index in [-0.39, 0.29) is 23.9 Å². The Kier molecular flexibility index (Phi) is 3.45. The highest BCUT2D eigenvalue weighted by atomic mass is 19.1. The highest BCUT2D eigenvalue weighted by molar-refractivity contribution is 6.01. The molecule has 20 heavy (non-hydrogen) atoms. The van der Waals surface area contributed by atoms with E-state index in [1.165, 1.54) is 5.56 Å². The van der Waals surface area contributed by atoms with Crippen LogP contribution in [0.3, 0.4) is 0 Å². The number of alkyl halides is 1. The fourth-order valence-electron chi connectivity index (χ4n) is 3.63. The van der Waals surface area contributed by atoms with Gasteiger partial charge in [-0.3, -0.25) is 9.59 Å². The van der Waals surface area contributed by atoms with Gasteiger partial charge in [0.1, 0.15) is 18.2 Å². The van der Waals surface area contributed by atoms with Crippen LogP contribution >= 0.6 is 0 Å². The molecule has 2 aliphatic carbocycles. The highest BCUT2D eigenvalue weighted by Crippen LogP contribution is 2.54. The van der Waals surface area contributed by atoms with E-state index in [0.717, 1.165) is 17.5 Å². The van der Waals surface area contributed by atoms with Crippen molar-refractivity contribution >= 4 is 11.6 Å². The summed E-state index contributed by atoms with van der Waals surface area (Å²) in [6.07, 6.45) is 2.26. The van der Waals surface area contributed by atoms with Crippen LogP contribution in [-0.4, -0.2) is 11.6 Å². The normalized spacial score (nSPS) is 26.9. The van der Waals surface area contributed by atoms with Gasteiger partial charge in [0, 0.05) is 12.8 Å². The van der Waals surface area contributed by atoms with E-state index in [2.05, 4.69) is 6.07 Å². The largest absolute Gasteiger partial charge is 0.299 e. The van der Waals surface area contributed by atoms with Crippen LogP contribution in [0.15, 0.2) is 18.2 Å². The van der Waals surface area contributed by atoms with Gasteiger partial charge in [-0.2, -0.15) is 0 Å². The summed E-state index contributed by atoms with van der Waals surface area (Å²) in [5.74, 6) is 1.22. The Hall–Kier alpha value is -1.51. The van der Waals surface area contributed by atoms with Crippen molar-refractivity contribution in [3.05, 3.63) is 34.9 Å². The first-order chi connectivity index (χ1) is 9.56. The van der Waals surface area contributed by atoms with Gasteiger partial charge in [0.05, 0.1) is 6.42 Å². The zero-order chi connectivity index (χ0) is 14.3. The second-order valence-corrected chi connectivity index (χ2v) is 6.31. The van der Waals surface area contributed by atoms with Crippen LogP contribution in [0.1, 0.15) is 48.3 Å². The van der Waals surface area contributed by atoms with E-state index in [4.69, 9.17) is 0 Å². The third kappa shape index (κ3) is 2.67. The van der Waals surface area contributed by atoms with Crippen molar-refractivity contribution in [3.8, 4) is 0 Å². The molecule has 1 aromatic carbocycles. The lowest BCUT2D eigenvalue weighted by Crippen LogP contribution is -2.24. The summed E-state index contributed by atoms with van der Waals surface area (Å²) in [4.78, 5) is 23.1. The molecule has 106 valence electrons. The molecular weight excluding hydrogens is 255 g/mol. The molecule has 2 nitrogen and oxygen atoms in total. The average molecular weight is 274 g/mol. The minimum atomic E-state index is -0.438. The van der Waals surface area contributed by atoms with E-state index in [9.17, 15) is 14.0 Å². The van der Waals surface area contributed by atoms with Gasteiger partial charge in [-0.25, -0.2) is 4.39 Å². The fourth-order valence-corrected chi connectivity index (χ4v) is 3.63. The van der Waals surface area contributed by atoms with Crippen molar-refractivity contribution in [1.82, 2.24) is 0 Å². The van der Waals surface area contributed by atoms with Crippen molar-refractivity contribution in [1.29, 1.82) is 0 Å². The molecule has 2 atom stereocenters. The number of carbonyl (C=O) groups excluding carboxylic acids is 2. The van der Waals surface area contributed by atoms with Crippen LogP contribution in [0, 0.1) is 18.8 Å². The number of Topliss-reactive ketones (excluding diaryl/α,β-unsaturated/α-hetero) is 2. The monoisotopic (exact) mass is 274 g/mol. The van der Waals surface area contributed by atoms with Gasteiger partial charge in [-0.15, -0.1) is 0 Å². The molecule has 0 spiro atoms. The fraction of sp³-hybridized carbons (Fsp3) is 0.529. The molecule has 3 heteroatoms. The van der Waals surface area contributed by atoms with Crippen molar-refractivity contribution in [2.45, 2.75) is 45.2 Å². The molecular formula is C17H19FO2. The van der Waals surface area contributed by atoms with Gasteiger partial charge in [0.2, 0.25) is 0 Å². The molecule has 2 aliphatic rings. The number of ketones is 2. The number of aryl methyl sites for hydroxylation is 1. The van der Waals surface area contributed by atoms with Gasteiger partial charge >= 0.3 is 0 Å². The lowest BCUT2D eigenvalue weighted by atomic mass is 9.83. The molecule has 2 saturated carbocycles. The second-order valence-electron chi connectivity index (χ2n) is 6.31. The highest BCUT2D eigenvalue weighted by Gasteiger charge is 2.46. The molecule has 0 aliphatic heterocycles. The zero-order valence-corrected chi connectivity index (χ0v) is 11.7. The quantitative estimate of drug-likeness (QED) is 0.790. The van der Waals surface area contributed by atoms with Crippen LogP contribution in [0.25, 0.3) is 0 Å². The lowest BCUT2D eigenvalue weighted by molar-refractivity contribution is -0.131. The first-order valence-corrected chi connectivity index (χ1v) is 7.26. The molecule has 0 amide bonds. The Bertz CT molecular complexity index is 548. The maximum absolute atomic E-state index is 12.8. The summed E-state index contributed by atoms with van der Waals surface area (Å²) in [6.45, 7) is 1.54. The summed E-state index contributed by atoms with van der Waals surface area (Å²) in [5.41, 5.74) is 2.98. The Morgan fingerprint density at radius 3 is 2.50 bits per heavy atom. The van der Waals surface area contributed by atoms with Crippen LogP contribution in [0.2, 0.25) is 0 Å². The topological polar surface area (TPSA) is 34.1 Å². The van der Waals surface area contributed by atoms with Crippen LogP contribution in [0.4, 0.5) is 4.39 Å². The number of hydrogen-bond donors (Lipinski definition) is 0. The number of carbonyl (C=O) groups is 2. The van der Waals surface area contributed by atoms with E-state index in [1.54, 1.807) is 0 Å². The molecule has 0 radical (unpaired) electrons. The molecule has 0 N–H and O–H groups in total. The van der Waals surface area contributed by atoms with Gasteiger partial charge in [-0.1, -0.05) is 23.8 Å². The van der Waals surface area contributed by atoms with Gasteiger partial charge in [0.25, 0.3) is 0 Å². The number of rotatable bonds is 3. The Morgan fingerprint density at radius 2 is 1.85 bits per heavy atom. The Balaban J connectivity index is 1.74. The maximum atomic E-state index is 12.8. The molecule has 2 fully saturated rings. The smallest absolute Gasteiger partial charge is 0.140 e. The van der Waals surface area contributed by atoms with Crippen LogP contribution in [0.5, 0.6) is 0 Å². The van der Waals surface area contributed by atoms with Gasteiger partial charge in [-0.05, 0) is 42.2 Å². The minimum Gasteiger partial charge on any atom is -0.299 e. The molecule has 0 bridgehead atoms. The molecule has 3 rings (SSSR count).